The summed E-state index contributed by atoms with van der Waals surface area (Å²) >= 11 is 0. The van der Waals surface area contributed by atoms with Gasteiger partial charge in [-0.2, -0.15) is 4.39 Å². The molecule has 0 spiro atoms. The number of nitrogens with one attached hydrogen (secondary N) is 1. The SMILES string of the molecule is O=c1cc(F)c(C2OC(CO)C(O)C2O)c(F)[nH]1. The average Bonchev–Trinajstić information content (AvgIpc) is 2.56. The summed E-state index contributed by atoms with van der Waals surface area (Å²) in [5.41, 5.74) is -1.66. The lowest BCUT2D eigenvalue weighted by Crippen LogP contribution is -2.32. The molecule has 18 heavy (non-hydrogen) atoms. The first-order chi connectivity index (χ1) is 8.45. The van der Waals surface area contributed by atoms with E-state index in [9.17, 15) is 23.8 Å². The number of pyridine rings is 1. The summed E-state index contributed by atoms with van der Waals surface area (Å²) in [6.45, 7) is -0.610. The van der Waals surface area contributed by atoms with E-state index in [1.54, 1.807) is 4.98 Å². The molecule has 0 aliphatic carbocycles. The number of aromatic nitrogens is 1. The van der Waals surface area contributed by atoms with Crippen molar-refractivity contribution in [1.29, 1.82) is 0 Å². The molecule has 6 nitrogen and oxygen atoms in total. The van der Waals surface area contributed by atoms with Crippen LogP contribution in [0.5, 0.6) is 0 Å². The molecule has 2 heterocycles. The molecule has 4 N–H and O–H groups in total. The van der Waals surface area contributed by atoms with E-state index < -0.39 is 53.9 Å². The molecule has 4 unspecified atom stereocenters. The van der Waals surface area contributed by atoms with Gasteiger partial charge < -0.3 is 20.1 Å². The maximum atomic E-state index is 13.5. The fourth-order valence-electron chi connectivity index (χ4n) is 1.91. The van der Waals surface area contributed by atoms with Crippen molar-refractivity contribution in [1.82, 2.24) is 4.98 Å². The molecular weight excluding hydrogens is 252 g/mol. The highest BCUT2D eigenvalue weighted by atomic mass is 19.1. The van der Waals surface area contributed by atoms with Crippen LogP contribution in [0.25, 0.3) is 0 Å². The first-order valence-corrected chi connectivity index (χ1v) is 5.16. The molecule has 1 saturated heterocycles. The third-order valence-electron chi connectivity index (χ3n) is 2.81. The maximum Gasteiger partial charge on any atom is 0.253 e. The van der Waals surface area contributed by atoms with Gasteiger partial charge in [0.05, 0.1) is 12.2 Å². The second kappa shape index (κ2) is 4.73. The van der Waals surface area contributed by atoms with Crippen molar-refractivity contribution in [3.8, 4) is 0 Å². The van der Waals surface area contributed by atoms with E-state index in [2.05, 4.69) is 0 Å². The zero-order chi connectivity index (χ0) is 13.4. The van der Waals surface area contributed by atoms with E-state index in [0.29, 0.717) is 6.07 Å². The minimum absolute atomic E-state index is 0.507. The van der Waals surface area contributed by atoms with E-state index in [4.69, 9.17) is 9.84 Å². The summed E-state index contributed by atoms with van der Waals surface area (Å²) in [5.74, 6) is -2.47. The van der Waals surface area contributed by atoms with Crippen molar-refractivity contribution in [3.05, 3.63) is 33.7 Å². The van der Waals surface area contributed by atoms with Gasteiger partial charge in [0.2, 0.25) is 5.95 Å². The highest BCUT2D eigenvalue weighted by Gasteiger charge is 2.45. The van der Waals surface area contributed by atoms with Crippen LogP contribution in [0.2, 0.25) is 0 Å². The quantitative estimate of drug-likeness (QED) is 0.502. The summed E-state index contributed by atoms with van der Waals surface area (Å²) in [7, 11) is 0. The van der Waals surface area contributed by atoms with Gasteiger partial charge in [0.1, 0.15) is 30.2 Å². The van der Waals surface area contributed by atoms with Crippen LogP contribution in [0.4, 0.5) is 8.78 Å². The molecule has 4 atom stereocenters. The topological polar surface area (TPSA) is 103 Å². The van der Waals surface area contributed by atoms with Crippen molar-refractivity contribution < 1.29 is 28.8 Å². The van der Waals surface area contributed by atoms with E-state index >= 15 is 0 Å². The summed E-state index contributed by atoms with van der Waals surface area (Å²) in [6, 6.07) is 0.507. The second-order valence-electron chi connectivity index (χ2n) is 3.97. The van der Waals surface area contributed by atoms with Crippen molar-refractivity contribution in [2.24, 2.45) is 0 Å². The predicted octanol–water partition coefficient (Wildman–Crippen LogP) is -1.19. The maximum absolute atomic E-state index is 13.5. The van der Waals surface area contributed by atoms with Crippen LogP contribution in [0.3, 0.4) is 0 Å². The smallest absolute Gasteiger partial charge is 0.253 e. The van der Waals surface area contributed by atoms with Crippen LogP contribution in [0.15, 0.2) is 10.9 Å². The van der Waals surface area contributed by atoms with Crippen LogP contribution in [0.1, 0.15) is 11.7 Å². The van der Waals surface area contributed by atoms with Crippen molar-refractivity contribution in [2.75, 3.05) is 6.61 Å². The average molecular weight is 263 g/mol. The molecule has 0 radical (unpaired) electrons. The van der Waals surface area contributed by atoms with Gasteiger partial charge in [0.25, 0.3) is 5.56 Å². The summed E-state index contributed by atoms with van der Waals surface area (Å²) in [4.78, 5) is 12.5. The molecule has 1 aromatic rings. The minimum atomic E-state index is -1.60. The fraction of sp³-hybridized carbons (Fsp3) is 0.500. The number of H-pyrrole nitrogens is 1. The Kier molecular flexibility index (Phi) is 3.44. The summed E-state index contributed by atoms with van der Waals surface area (Å²) in [5, 5.41) is 28.0. The van der Waals surface area contributed by atoms with Crippen LogP contribution in [-0.2, 0) is 4.74 Å². The fourth-order valence-corrected chi connectivity index (χ4v) is 1.91. The zero-order valence-electron chi connectivity index (χ0n) is 9.01. The van der Waals surface area contributed by atoms with Gasteiger partial charge >= 0.3 is 0 Å². The number of aliphatic hydroxyl groups excluding tert-OH is 3. The van der Waals surface area contributed by atoms with E-state index in [1.165, 1.54) is 0 Å². The Hall–Kier alpha value is -1.35. The van der Waals surface area contributed by atoms with E-state index in [-0.39, 0.29) is 0 Å². The molecular formula is C10H11F2NO5. The van der Waals surface area contributed by atoms with Gasteiger partial charge in [-0.15, -0.1) is 0 Å². The van der Waals surface area contributed by atoms with Crippen molar-refractivity contribution in [3.63, 3.8) is 0 Å². The third kappa shape index (κ3) is 2.03. The Morgan fingerprint density at radius 2 is 2.00 bits per heavy atom. The van der Waals surface area contributed by atoms with Crippen LogP contribution in [-0.4, -0.2) is 45.2 Å². The largest absolute Gasteiger partial charge is 0.394 e. The summed E-state index contributed by atoms with van der Waals surface area (Å²) in [6.07, 6.45) is -5.70. The van der Waals surface area contributed by atoms with Crippen LogP contribution >= 0.6 is 0 Å². The lowest BCUT2D eigenvalue weighted by molar-refractivity contribution is -0.0249. The first-order valence-electron chi connectivity index (χ1n) is 5.16. The normalized spacial score (nSPS) is 31.8. The zero-order valence-corrected chi connectivity index (χ0v) is 9.01. The van der Waals surface area contributed by atoms with Gasteiger partial charge in [-0.05, 0) is 0 Å². The van der Waals surface area contributed by atoms with Crippen molar-refractivity contribution in [2.45, 2.75) is 24.4 Å². The molecule has 8 heteroatoms. The van der Waals surface area contributed by atoms with E-state index in [0.717, 1.165) is 0 Å². The number of aromatic amines is 1. The molecule has 1 aromatic heterocycles. The van der Waals surface area contributed by atoms with Crippen LogP contribution in [0, 0.1) is 11.8 Å². The highest BCUT2D eigenvalue weighted by molar-refractivity contribution is 5.20. The lowest BCUT2D eigenvalue weighted by Gasteiger charge is -2.15. The van der Waals surface area contributed by atoms with Gasteiger partial charge in [-0.3, -0.25) is 9.78 Å². The molecule has 1 fully saturated rings. The number of rotatable bonds is 2. The lowest BCUT2D eigenvalue weighted by atomic mass is 10.0. The number of ether oxygens (including phenoxy) is 1. The Balaban J connectivity index is 2.41. The predicted molar refractivity (Wildman–Crippen MR) is 53.7 cm³/mol. The number of hydrogen-bond acceptors (Lipinski definition) is 5. The molecule has 0 aromatic carbocycles. The van der Waals surface area contributed by atoms with E-state index in [1.807, 2.05) is 0 Å². The monoisotopic (exact) mass is 263 g/mol. The Bertz CT molecular complexity index is 479. The van der Waals surface area contributed by atoms with Crippen LogP contribution < -0.4 is 5.56 Å². The van der Waals surface area contributed by atoms with Crippen molar-refractivity contribution >= 4 is 0 Å². The molecule has 0 saturated carbocycles. The van der Waals surface area contributed by atoms with Gasteiger partial charge in [0.15, 0.2) is 0 Å². The molecule has 0 amide bonds. The molecule has 1 aliphatic rings. The first kappa shape index (κ1) is 13.1. The number of aliphatic hydroxyl groups is 3. The summed E-state index contributed by atoms with van der Waals surface area (Å²) < 4.78 is 31.9. The Labute approximate surface area is 99.5 Å². The molecule has 1 aliphatic heterocycles. The number of hydrogen-bond donors (Lipinski definition) is 4. The van der Waals surface area contributed by atoms with Gasteiger partial charge in [-0.1, -0.05) is 0 Å². The minimum Gasteiger partial charge on any atom is -0.394 e. The standard InChI is InChI=1S/C10H11F2NO5/c11-3-1-5(15)13-10(12)6(3)9-8(17)7(16)4(2-14)18-9/h1,4,7-9,14,16-17H,2H2,(H,13,15). The molecule has 100 valence electrons. The van der Waals surface area contributed by atoms with Gasteiger partial charge in [-0.25, -0.2) is 4.39 Å². The Morgan fingerprint density at radius 3 is 2.50 bits per heavy atom. The second-order valence-corrected chi connectivity index (χ2v) is 3.97. The molecule has 2 rings (SSSR count). The number of halogens is 2. The van der Waals surface area contributed by atoms with Gasteiger partial charge in [0, 0.05) is 6.07 Å². The highest BCUT2D eigenvalue weighted by Crippen LogP contribution is 2.35. The Morgan fingerprint density at radius 1 is 1.33 bits per heavy atom. The third-order valence-corrected chi connectivity index (χ3v) is 2.81. The molecule has 0 bridgehead atoms.